The van der Waals surface area contributed by atoms with Crippen molar-refractivity contribution in [3.63, 3.8) is 0 Å². The zero-order chi connectivity index (χ0) is 9.14. The van der Waals surface area contributed by atoms with Gasteiger partial charge in [-0.3, -0.25) is 0 Å². The average molecular weight is 184 g/mol. The summed E-state index contributed by atoms with van der Waals surface area (Å²) in [7, 11) is 1.63. The lowest BCUT2D eigenvalue weighted by Crippen LogP contribution is -2.01. The molecule has 3 nitrogen and oxygen atoms in total. The molecule has 12 heavy (non-hydrogen) atoms. The van der Waals surface area contributed by atoms with Crippen molar-refractivity contribution in [3.05, 3.63) is 21.7 Å². The van der Waals surface area contributed by atoms with Gasteiger partial charge >= 0.3 is 0 Å². The third kappa shape index (κ3) is 1.89. The summed E-state index contributed by atoms with van der Waals surface area (Å²) in [6, 6.07) is 0. The molecular formula is C8H12N2OS. The molecule has 0 atom stereocenters. The van der Waals surface area contributed by atoms with Crippen LogP contribution in [0.15, 0.2) is 0 Å². The van der Waals surface area contributed by atoms with E-state index in [0.717, 1.165) is 17.1 Å². The van der Waals surface area contributed by atoms with Crippen LogP contribution < -0.4 is 0 Å². The van der Waals surface area contributed by atoms with Gasteiger partial charge in [-0.2, -0.15) is 0 Å². The molecule has 1 heterocycles. The molecule has 0 fully saturated rings. The van der Waals surface area contributed by atoms with E-state index in [1.54, 1.807) is 7.11 Å². The Morgan fingerprint density at radius 3 is 2.67 bits per heavy atom. The fourth-order valence-corrected chi connectivity index (χ4v) is 1.17. The Balaban J connectivity index is 3.13. The van der Waals surface area contributed by atoms with E-state index in [1.807, 2.05) is 13.8 Å². The second kappa shape index (κ2) is 3.78. The summed E-state index contributed by atoms with van der Waals surface area (Å²) in [5, 5.41) is 0. The number of H-pyrrole nitrogens is 1. The van der Waals surface area contributed by atoms with Gasteiger partial charge in [0.1, 0.15) is 17.1 Å². The van der Waals surface area contributed by atoms with Crippen LogP contribution in [0.3, 0.4) is 0 Å². The molecule has 0 aliphatic rings. The number of methoxy groups -OCH3 is 1. The van der Waals surface area contributed by atoms with E-state index in [2.05, 4.69) is 9.97 Å². The highest BCUT2D eigenvalue weighted by molar-refractivity contribution is 7.71. The van der Waals surface area contributed by atoms with Gasteiger partial charge in [0.15, 0.2) is 0 Å². The van der Waals surface area contributed by atoms with Crippen LogP contribution >= 0.6 is 12.2 Å². The molecule has 0 radical (unpaired) electrons. The van der Waals surface area contributed by atoms with Gasteiger partial charge < -0.3 is 9.72 Å². The molecule has 0 amide bonds. The molecule has 0 aromatic carbocycles. The lowest BCUT2D eigenvalue weighted by Gasteiger charge is -2.03. The predicted octanol–water partition coefficient (Wildman–Crippen LogP) is 1.90. The molecule has 4 heteroatoms. The number of nitrogens with zero attached hydrogens (tertiary/aromatic N) is 1. The topological polar surface area (TPSA) is 37.9 Å². The third-order valence-corrected chi connectivity index (χ3v) is 2.13. The second-order valence-corrected chi connectivity index (χ2v) is 3.06. The first-order chi connectivity index (χ1) is 5.65. The molecule has 0 aliphatic carbocycles. The number of rotatable bonds is 2. The fraction of sp³-hybridized carbons (Fsp3) is 0.500. The first kappa shape index (κ1) is 9.35. The maximum Gasteiger partial charge on any atom is 0.133 e. The maximum atomic E-state index is 5.06. The molecule has 0 aliphatic heterocycles. The van der Waals surface area contributed by atoms with Crippen molar-refractivity contribution < 1.29 is 4.74 Å². The van der Waals surface area contributed by atoms with Gasteiger partial charge in [0.2, 0.25) is 0 Å². The van der Waals surface area contributed by atoms with E-state index in [-0.39, 0.29) is 0 Å². The van der Waals surface area contributed by atoms with Crippen molar-refractivity contribution in [2.75, 3.05) is 7.11 Å². The molecule has 1 N–H and O–H groups in total. The van der Waals surface area contributed by atoms with Crippen LogP contribution in [-0.4, -0.2) is 17.1 Å². The van der Waals surface area contributed by atoms with E-state index >= 15 is 0 Å². The highest BCUT2D eigenvalue weighted by atomic mass is 32.1. The molecule has 1 aromatic rings. The Kier molecular flexibility index (Phi) is 2.94. The van der Waals surface area contributed by atoms with Gasteiger partial charge in [-0.1, -0.05) is 12.2 Å². The standard InChI is InChI=1S/C8H12N2OS/c1-5-6(2)9-7(4-11-3)10-8(5)12/h4H2,1-3H3,(H,9,10,12). The van der Waals surface area contributed by atoms with Crippen LogP contribution in [0, 0.1) is 18.5 Å². The summed E-state index contributed by atoms with van der Waals surface area (Å²) in [6.45, 7) is 4.41. The molecule has 0 unspecified atom stereocenters. The molecule has 66 valence electrons. The molecule has 0 spiro atoms. The highest BCUT2D eigenvalue weighted by Gasteiger charge is 1.99. The molecule has 0 bridgehead atoms. The normalized spacial score (nSPS) is 10.2. The summed E-state index contributed by atoms with van der Waals surface area (Å²) in [4.78, 5) is 7.27. The Morgan fingerprint density at radius 1 is 1.50 bits per heavy atom. The second-order valence-electron chi connectivity index (χ2n) is 2.67. The molecule has 0 saturated heterocycles. The van der Waals surface area contributed by atoms with Crippen LogP contribution in [0.25, 0.3) is 0 Å². The number of aromatic nitrogens is 2. The third-order valence-electron chi connectivity index (χ3n) is 1.73. The number of aromatic amines is 1. The summed E-state index contributed by atoms with van der Waals surface area (Å²) in [5.74, 6) is 0.783. The number of hydrogen-bond donors (Lipinski definition) is 1. The summed E-state index contributed by atoms with van der Waals surface area (Å²) < 4.78 is 5.59. The quantitative estimate of drug-likeness (QED) is 0.713. The molecular weight excluding hydrogens is 172 g/mol. The van der Waals surface area contributed by atoms with E-state index in [4.69, 9.17) is 17.0 Å². The zero-order valence-electron chi connectivity index (χ0n) is 7.47. The molecule has 0 saturated carbocycles. The van der Waals surface area contributed by atoms with Gasteiger partial charge in [-0.15, -0.1) is 0 Å². The molecule has 1 rings (SSSR count). The van der Waals surface area contributed by atoms with Crippen LogP contribution in [0.4, 0.5) is 0 Å². The van der Waals surface area contributed by atoms with E-state index in [9.17, 15) is 0 Å². The Hall–Kier alpha value is -0.740. The highest BCUT2D eigenvalue weighted by Crippen LogP contribution is 2.04. The van der Waals surface area contributed by atoms with Gasteiger partial charge in [0.25, 0.3) is 0 Å². The zero-order valence-corrected chi connectivity index (χ0v) is 8.29. The van der Waals surface area contributed by atoms with E-state index < -0.39 is 0 Å². The largest absolute Gasteiger partial charge is 0.377 e. The van der Waals surface area contributed by atoms with Crippen molar-refractivity contribution in [2.45, 2.75) is 20.5 Å². The minimum absolute atomic E-state index is 0.477. The summed E-state index contributed by atoms with van der Waals surface area (Å²) in [5.41, 5.74) is 2.09. The Morgan fingerprint density at radius 2 is 2.17 bits per heavy atom. The molecule has 1 aromatic heterocycles. The van der Waals surface area contributed by atoms with E-state index in [1.165, 1.54) is 0 Å². The lowest BCUT2D eigenvalue weighted by molar-refractivity contribution is 0.177. The number of hydrogen-bond acceptors (Lipinski definition) is 3. The van der Waals surface area contributed by atoms with E-state index in [0.29, 0.717) is 11.2 Å². The average Bonchev–Trinajstić information content (AvgIpc) is 2.01. The van der Waals surface area contributed by atoms with Crippen LogP contribution in [-0.2, 0) is 11.3 Å². The van der Waals surface area contributed by atoms with Gasteiger partial charge in [-0.05, 0) is 13.8 Å². The summed E-state index contributed by atoms with van der Waals surface area (Å²) >= 11 is 5.06. The Bertz CT molecular complexity index is 332. The SMILES string of the molecule is COCc1nc(=S)c(C)c(C)[nH]1. The van der Waals surface area contributed by atoms with Crippen molar-refractivity contribution in [1.29, 1.82) is 0 Å². The van der Waals surface area contributed by atoms with Crippen LogP contribution in [0.1, 0.15) is 17.1 Å². The number of aryl methyl sites for hydroxylation is 1. The number of ether oxygens (including phenoxy) is 1. The van der Waals surface area contributed by atoms with Crippen LogP contribution in [0.5, 0.6) is 0 Å². The van der Waals surface area contributed by atoms with Crippen molar-refractivity contribution in [1.82, 2.24) is 9.97 Å². The number of nitrogens with one attached hydrogen (secondary N) is 1. The Labute approximate surface area is 76.8 Å². The van der Waals surface area contributed by atoms with Gasteiger partial charge in [0.05, 0.1) is 0 Å². The fourth-order valence-electron chi connectivity index (χ4n) is 0.910. The van der Waals surface area contributed by atoms with Crippen molar-refractivity contribution in [3.8, 4) is 0 Å². The first-order valence-electron chi connectivity index (χ1n) is 3.70. The smallest absolute Gasteiger partial charge is 0.133 e. The minimum atomic E-state index is 0.477. The first-order valence-corrected chi connectivity index (χ1v) is 4.11. The monoisotopic (exact) mass is 184 g/mol. The lowest BCUT2D eigenvalue weighted by atomic mass is 10.3. The van der Waals surface area contributed by atoms with Gasteiger partial charge in [-0.25, -0.2) is 4.98 Å². The summed E-state index contributed by atoms with van der Waals surface area (Å²) in [6.07, 6.45) is 0. The van der Waals surface area contributed by atoms with Crippen molar-refractivity contribution >= 4 is 12.2 Å². The van der Waals surface area contributed by atoms with Crippen molar-refractivity contribution in [2.24, 2.45) is 0 Å². The predicted molar refractivity (Wildman–Crippen MR) is 49.6 cm³/mol. The van der Waals surface area contributed by atoms with Gasteiger partial charge in [0, 0.05) is 18.4 Å². The minimum Gasteiger partial charge on any atom is -0.377 e. The van der Waals surface area contributed by atoms with Crippen LogP contribution in [0.2, 0.25) is 0 Å². The maximum absolute atomic E-state index is 5.06.